The Bertz CT molecular complexity index is 532. The summed E-state index contributed by atoms with van der Waals surface area (Å²) in [5.41, 5.74) is 1.11. The van der Waals surface area contributed by atoms with Gasteiger partial charge in [-0.1, -0.05) is 6.92 Å². The monoisotopic (exact) mass is 275 g/mol. The Hall–Kier alpha value is -2.11. The molecule has 0 aliphatic carbocycles. The van der Waals surface area contributed by atoms with Crippen molar-refractivity contribution in [1.29, 1.82) is 0 Å². The van der Waals surface area contributed by atoms with Gasteiger partial charge in [-0.25, -0.2) is 4.98 Å². The minimum absolute atomic E-state index is 0.0603. The number of aryl methyl sites for hydroxylation is 2. The van der Waals surface area contributed by atoms with Crippen molar-refractivity contribution in [3.05, 3.63) is 36.7 Å². The molecule has 0 aliphatic rings. The van der Waals surface area contributed by atoms with Gasteiger partial charge in [-0.2, -0.15) is 5.10 Å². The average molecular weight is 275 g/mol. The third kappa shape index (κ3) is 4.22. The van der Waals surface area contributed by atoms with Gasteiger partial charge < -0.3 is 9.88 Å². The Morgan fingerprint density at radius 1 is 1.50 bits per heavy atom. The molecule has 20 heavy (non-hydrogen) atoms. The first-order valence-electron chi connectivity index (χ1n) is 6.91. The number of carbonyl (C=O) groups is 1. The van der Waals surface area contributed by atoms with E-state index < -0.39 is 0 Å². The maximum Gasteiger partial charge on any atom is 0.222 e. The predicted octanol–water partition coefficient (Wildman–Crippen LogP) is 1.37. The smallest absolute Gasteiger partial charge is 0.222 e. The van der Waals surface area contributed by atoms with Gasteiger partial charge in [0.2, 0.25) is 5.91 Å². The second-order valence-electron chi connectivity index (χ2n) is 4.96. The molecule has 1 atom stereocenters. The molecule has 0 saturated carbocycles. The number of carbonyl (C=O) groups excluding carboxylic acids is 1. The molecule has 1 N–H and O–H groups in total. The van der Waals surface area contributed by atoms with Crippen LogP contribution in [-0.4, -0.2) is 31.3 Å². The molecule has 0 bridgehead atoms. The van der Waals surface area contributed by atoms with Gasteiger partial charge in [0.15, 0.2) is 0 Å². The highest BCUT2D eigenvalue weighted by Gasteiger charge is 2.11. The van der Waals surface area contributed by atoms with Crippen LogP contribution in [0.4, 0.5) is 0 Å². The number of hydrogen-bond donors (Lipinski definition) is 1. The van der Waals surface area contributed by atoms with Gasteiger partial charge >= 0.3 is 0 Å². The van der Waals surface area contributed by atoms with Crippen molar-refractivity contribution in [3.63, 3.8) is 0 Å². The minimum atomic E-state index is 0.0603. The number of rotatable bonds is 7. The number of amides is 1. The maximum absolute atomic E-state index is 11.9. The van der Waals surface area contributed by atoms with E-state index >= 15 is 0 Å². The van der Waals surface area contributed by atoms with Gasteiger partial charge in [-0.15, -0.1) is 0 Å². The molecule has 2 aromatic rings. The number of nitrogens with zero attached hydrogens (tertiary/aromatic N) is 4. The molecule has 2 aromatic heterocycles. The van der Waals surface area contributed by atoms with Crippen LogP contribution in [0.5, 0.6) is 0 Å². The summed E-state index contributed by atoms with van der Waals surface area (Å²) in [6, 6.07) is 0.135. The number of aromatic nitrogens is 4. The molecule has 0 aliphatic heterocycles. The van der Waals surface area contributed by atoms with E-state index in [0.717, 1.165) is 18.5 Å². The van der Waals surface area contributed by atoms with Crippen molar-refractivity contribution in [1.82, 2.24) is 24.6 Å². The van der Waals surface area contributed by atoms with Crippen molar-refractivity contribution < 1.29 is 4.79 Å². The van der Waals surface area contributed by atoms with Crippen LogP contribution in [0.25, 0.3) is 0 Å². The molecular weight excluding hydrogens is 254 g/mol. The molecule has 0 fully saturated rings. The average Bonchev–Trinajstić information content (AvgIpc) is 3.07. The van der Waals surface area contributed by atoms with Crippen LogP contribution in [0.15, 0.2) is 31.1 Å². The second kappa shape index (κ2) is 6.88. The standard InChI is InChI=1S/C14H21N5O/c1-3-13(10-18-7-5-15-11-18)17-14(20)4-6-19-9-12(2)8-16-19/h5,7-9,11,13H,3-4,6,10H2,1-2H3,(H,17,20). The normalized spacial score (nSPS) is 12.3. The first-order chi connectivity index (χ1) is 9.67. The zero-order valence-corrected chi connectivity index (χ0v) is 12.0. The predicted molar refractivity (Wildman–Crippen MR) is 76.0 cm³/mol. The largest absolute Gasteiger partial charge is 0.352 e. The lowest BCUT2D eigenvalue weighted by Gasteiger charge is -2.17. The minimum Gasteiger partial charge on any atom is -0.352 e. The van der Waals surface area contributed by atoms with Crippen LogP contribution in [0, 0.1) is 6.92 Å². The molecule has 0 saturated heterocycles. The summed E-state index contributed by atoms with van der Waals surface area (Å²) in [7, 11) is 0. The zero-order chi connectivity index (χ0) is 14.4. The maximum atomic E-state index is 11.9. The van der Waals surface area contributed by atoms with E-state index in [1.54, 1.807) is 23.4 Å². The number of imidazole rings is 1. The van der Waals surface area contributed by atoms with Crippen molar-refractivity contribution in [2.24, 2.45) is 0 Å². The van der Waals surface area contributed by atoms with Crippen LogP contribution in [0.1, 0.15) is 25.3 Å². The quantitative estimate of drug-likeness (QED) is 0.830. The zero-order valence-electron chi connectivity index (χ0n) is 12.0. The summed E-state index contributed by atoms with van der Waals surface area (Å²) >= 11 is 0. The van der Waals surface area contributed by atoms with Crippen LogP contribution >= 0.6 is 0 Å². The number of nitrogens with one attached hydrogen (secondary N) is 1. The summed E-state index contributed by atoms with van der Waals surface area (Å²) in [5, 5.41) is 7.23. The SMILES string of the molecule is CCC(Cn1ccnc1)NC(=O)CCn1cc(C)cn1. The molecule has 1 amide bonds. The highest BCUT2D eigenvalue weighted by atomic mass is 16.1. The van der Waals surface area contributed by atoms with Crippen molar-refractivity contribution in [2.75, 3.05) is 0 Å². The van der Waals surface area contributed by atoms with Gasteiger partial charge in [0.25, 0.3) is 0 Å². The lowest BCUT2D eigenvalue weighted by molar-refractivity contribution is -0.122. The highest BCUT2D eigenvalue weighted by Crippen LogP contribution is 2.00. The molecule has 0 spiro atoms. The topological polar surface area (TPSA) is 64.7 Å². The van der Waals surface area contributed by atoms with Crippen LogP contribution in [-0.2, 0) is 17.9 Å². The van der Waals surface area contributed by atoms with Crippen LogP contribution in [0.2, 0.25) is 0 Å². The van der Waals surface area contributed by atoms with Crippen molar-refractivity contribution in [3.8, 4) is 0 Å². The van der Waals surface area contributed by atoms with Gasteiger partial charge in [-0.3, -0.25) is 9.48 Å². The van der Waals surface area contributed by atoms with E-state index in [2.05, 4.69) is 22.3 Å². The molecule has 108 valence electrons. The van der Waals surface area contributed by atoms with Gasteiger partial charge in [0, 0.05) is 44.1 Å². The fourth-order valence-electron chi connectivity index (χ4n) is 2.03. The van der Waals surface area contributed by atoms with Gasteiger partial charge in [-0.05, 0) is 18.9 Å². The van der Waals surface area contributed by atoms with Crippen LogP contribution < -0.4 is 5.32 Å². The molecule has 2 heterocycles. The Balaban J connectivity index is 1.77. The second-order valence-corrected chi connectivity index (χ2v) is 4.96. The Morgan fingerprint density at radius 2 is 2.35 bits per heavy atom. The van der Waals surface area contributed by atoms with E-state index in [0.29, 0.717) is 13.0 Å². The van der Waals surface area contributed by atoms with E-state index in [1.807, 2.05) is 23.9 Å². The lowest BCUT2D eigenvalue weighted by Crippen LogP contribution is -2.37. The molecule has 0 radical (unpaired) electrons. The highest BCUT2D eigenvalue weighted by molar-refractivity contribution is 5.76. The lowest BCUT2D eigenvalue weighted by atomic mass is 10.2. The Kier molecular flexibility index (Phi) is 4.92. The third-order valence-corrected chi connectivity index (χ3v) is 3.18. The summed E-state index contributed by atoms with van der Waals surface area (Å²) < 4.78 is 3.77. The molecule has 2 rings (SSSR count). The molecule has 6 heteroatoms. The fraction of sp³-hybridized carbons (Fsp3) is 0.500. The molecule has 6 nitrogen and oxygen atoms in total. The summed E-state index contributed by atoms with van der Waals surface area (Å²) in [6.07, 6.45) is 10.5. The summed E-state index contributed by atoms with van der Waals surface area (Å²) in [5.74, 6) is 0.0603. The molecule has 1 unspecified atom stereocenters. The Labute approximate surface area is 118 Å². The van der Waals surface area contributed by atoms with Gasteiger partial charge in [0.1, 0.15) is 0 Å². The number of hydrogen-bond acceptors (Lipinski definition) is 3. The first kappa shape index (κ1) is 14.3. The van der Waals surface area contributed by atoms with E-state index in [9.17, 15) is 4.79 Å². The first-order valence-corrected chi connectivity index (χ1v) is 6.91. The third-order valence-electron chi connectivity index (χ3n) is 3.18. The molecular formula is C14H21N5O. The molecule has 0 aromatic carbocycles. The summed E-state index contributed by atoms with van der Waals surface area (Å²) in [6.45, 7) is 5.42. The van der Waals surface area contributed by atoms with Crippen molar-refractivity contribution in [2.45, 2.75) is 45.8 Å². The Morgan fingerprint density at radius 3 is 2.95 bits per heavy atom. The van der Waals surface area contributed by atoms with E-state index in [4.69, 9.17) is 0 Å². The van der Waals surface area contributed by atoms with Crippen LogP contribution in [0.3, 0.4) is 0 Å². The fourth-order valence-corrected chi connectivity index (χ4v) is 2.03. The van der Waals surface area contributed by atoms with Crippen molar-refractivity contribution >= 4 is 5.91 Å². The van der Waals surface area contributed by atoms with Gasteiger partial charge in [0.05, 0.1) is 12.5 Å². The van der Waals surface area contributed by atoms with E-state index in [1.165, 1.54) is 0 Å². The summed E-state index contributed by atoms with van der Waals surface area (Å²) in [4.78, 5) is 15.9. The van der Waals surface area contributed by atoms with E-state index in [-0.39, 0.29) is 11.9 Å².